The Morgan fingerprint density at radius 1 is 1.07 bits per heavy atom. The molecule has 3 rings (SSSR count). The van der Waals surface area contributed by atoms with Crippen LogP contribution in [0.25, 0.3) is 0 Å². The first kappa shape index (κ1) is 18.9. The van der Waals surface area contributed by atoms with E-state index in [1.54, 1.807) is 30.3 Å². The lowest BCUT2D eigenvalue weighted by Gasteiger charge is -2.10. The van der Waals surface area contributed by atoms with E-state index in [0.29, 0.717) is 17.1 Å². The van der Waals surface area contributed by atoms with Gasteiger partial charge in [0.25, 0.3) is 5.91 Å². The average molecular weight is 380 g/mol. The number of ether oxygens (including phenoxy) is 1. The summed E-state index contributed by atoms with van der Waals surface area (Å²) in [7, 11) is 1.51. The number of benzene rings is 2. The van der Waals surface area contributed by atoms with Crippen LogP contribution in [0.3, 0.4) is 0 Å². The number of hydrogen-bond donors (Lipinski definition) is 3. The van der Waals surface area contributed by atoms with Gasteiger partial charge in [0.15, 0.2) is 11.5 Å². The second kappa shape index (κ2) is 8.21. The van der Waals surface area contributed by atoms with Gasteiger partial charge < -0.3 is 21.1 Å². The van der Waals surface area contributed by atoms with Gasteiger partial charge in [0.1, 0.15) is 12.3 Å². The van der Waals surface area contributed by atoms with Gasteiger partial charge in [-0.15, -0.1) is 5.10 Å². The number of nitrogens with zero attached hydrogens (tertiary/aromatic N) is 3. The second-order valence-corrected chi connectivity index (χ2v) is 6.00. The van der Waals surface area contributed by atoms with E-state index in [4.69, 9.17) is 10.5 Å². The van der Waals surface area contributed by atoms with E-state index in [1.807, 2.05) is 25.1 Å². The molecule has 2 aromatic carbocycles. The number of aromatic nitrogens is 3. The zero-order valence-corrected chi connectivity index (χ0v) is 15.5. The fraction of sp³-hybridized carbons (Fsp3) is 0.158. The van der Waals surface area contributed by atoms with E-state index in [-0.39, 0.29) is 24.0 Å². The Kier molecular flexibility index (Phi) is 5.54. The van der Waals surface area contributed by atoms with Crippen LogP contribution >= 0.6 is 0 Å². The summed E-state index contributed by atoms with van der Waals surface area (Å²) < 4.78 is 6.36. The molecular weight excluding hydrogens is 360 g/mol. The van der Waals surface area contributed by atoms with E-state index in [2.05, 4.69) is 20.9 Å². The van der Waals surface area contributed by atoms with Crippen molar-refractivity contribution in [3.8, 4) is 5.75 Å². The second-order valence-electron chi connectivity index (χ2n) is 6.00. The van der Waals surface area contributed by atoms with Crippen molar-refractivity contribution in [2.24, 2.45) is 0 Å². The Labute approximate surface area is 161 Å². The van der Waals surface area contributed by atoms with Crippen molar-refractivity contribution in [3.63, 3.8) is 0 Å². The third-order valence-electron chi connectivity index (χ3n) is 4.06. The number of carbonyl (C=O) groups excluding carboxylic acids is 2. The zero-order valence-electron chi connectivity index (χ0n) is 15.5. The number of para-hydroxylation sites is 3. The SMILES string of the molecule is COc1ccccc1NC(=O)Cn1nnc(C(=O)Nc2ccccc2C)c1N. The van der Waals surface area contributed by atoms with E-state index in [1.165, 1.54) is 7.11 Å². The number of nitrogen functional groups attached to an aromatic ring is 1. The van der Waals surface area contributed by atoms with Crippen molar-refractivity contribution in [1.82, 2.24) is 15.0 Å². The predicted octanol–water partition coefficient (Wildman–Crippen LogP) is 2.07. The summed E-state index contributed by atoms with van der Waals surface area (Å²) in [5.74, 6) is -0.350. The molecule has 2 amide bonds. The van der Waals surface area contributed by atoms with Gasteiger partial charge in [-0.3, -0.25) is 9.59 Å². The molecule has 0 saturated heterocycles. The van der Waals surface area contributed by atoms with E-state index in [9.17, 15) is 9.59 Å². The highest BCUT2D eigenvalue weighted by Gasteiger charge is 2.20. The number of amides is 2. The van der Waals surface area contributed by atoms with Gasteiger partial charge in [-0.05, 0) is 30.7 Å². The lowest BCUT2D eigenvalue weighted by atomic mass is 10.2. The van der Waals surface area contributed by atoms with Crippen molar-refractivity contribution < 1.29 is 14.3 Å². The molecule has 0 fully saturated rings. The fourth-order valence-corrected chi connectivity index (χ4v) is 2.57. The Balaban J connectivity index is 1.69. The first-order chi connectivity index (χ1) is 13.5. The topological polar surface area (TPSA) is 124 Å². The van der Waals surface area contributed by atoms with Crippen LogP contribution in [-0.2, 0) is 11.3 Å². The molecule has 9 nitrogen and oxygen atoms in total. The summed E-state index contributed by atoms with van der Waals surface area (Å²) in [6.07, 6.45) is 0. The fourth-order valence-electron chi connectivity index (χ4n) is 2.57. The van der Waals surface area contributed by atoms with Gasteiger partial charge >= 0.3 is 0 Å². The molecule has 4 N–H and O–H groups in total. The van der Waals surface area contributed by atoms with E-state index < -0.39 is 5.91 Å². The van der Waals surface area contributed by atoms with Crippen LogP contribution in [0.5, 0.6) is 5.75 Å². The van der Waals surface area contributed by atoms with Crippen LogP contribution in [0.4, 0.5) is 17.2 Å². The number of nitrogens with two attached hydrogens (primary N) is 1. The van der Waals surface area contributed by atoms with Crippen LogP contribution in [0.1, 0.15) is 16.1 Å². The molecule has 3 aromatic rings. The largest absolute Gasteiger partial charge is 0.495 e. The highest BCUT2D eigenvalue weighted by Crippen LogP contribution is 2.23. The van der Waals surface area contributed by atoms with Crippen molar-refractivity contribution in [2.45, 2.75) is 13.5 Å². The van der Waals surface area contributed by atoms with Crippen LogP contribution in [0.15, 0.2) is 48.5 Å². The number of hydrogen-bond acceptors (Lipinski definition) is 6. The third-order valence-corrected chi connectivity index (χ3v) is 4.06. The number of rotatable bonds is 6. The Hall–Kier alpha value is -3.88. The van der Waals surface area contributed by atoms with Crippen molar-refractivity contribution in [2.75, 3.05) is 23.5 Å². The molecule has 0 aliphatic heterocycles. The van der Waals surface area contributed by atoms with Gasteiger partial charge in [-0.1, -0.05) is 35.5 Å². The maximum Gasteiger partial charge on any atom is 0.280 e. The number of anilines is 3. The molecule has 1 aromatic heterocycles. The summed E-state index contributed by atoms with van der Waals surface area (Å²) in [4.78, 5) is 24.7. The summed E-state index contributed by atoms with van der Waals surface area (Å²) in [6.45, 7) is 1.67. The molecule has 0 saturated carbocycles. The van der Waals surface area contributed by atoms with E-state index in [0.717, 1.165) is 10.2 Å². The normalized spacial score (nSPS) is 10.4. The minimum atomic E-state index is -0.497. The maximum atomic E-state index is 12.4. The smallest absolute Gasteiger partial charge is 0.280 e. The third kappa shape index (κ3) is 4.09. The molecule has 1 heterocycles. The van der Waals surface area contributed by atoms with Gasteiger partial charge in [-0.2, -0.15) is 0 Å². The number of methoxy groups -OCH3 is 1. The number of aryl methyl sites for hydroxylation is 1. The average Bonchev–Trinajstić information content (AvgIpc) is 3.04. The Morgan fingerprint density at radius 3 is 2.46 bits per heavy atom. The van der Waals surface area contributed by atoms with Crippen LogP contribution in [0, 0.1) is 6.92 Å². The molecule has 0 spiro atoms. The van der Waals surface area contributed by atoms with Crippen LogP contribution in [0.2, 0.25) is 0 Å². The molecule has 0 atom stereocenters. The Morgan fingerprint density at radius 2 is 1.75 bits per heavy atom. The zero-order chi connectivity index (χ0) is 20.1. The van der Waals surface area contributed by atoms with Gasteiger partial charge in [0.2, 0.25) is 5.91 Å². The van der Waals surface area contributed by atoms with Crippen molar-refractivity contribution >= 4 is 29.0 Å². The highest BCUT2D eigenvalue weighted by molar-refractivity contribution is 6.06. The van der Waals surface area contributed by atoms with Gasteiger partial charge in [-0.25, -0.2) is 4.68 Å². The van der Waals surface area contributed by atoms with E-state index >= 15 is 0 Å². The number of carbonyl (C=O) groups is 2. The first-order valence-electron chi connectivity index (χ1n) is 8.48. The van der Waals surface area contributed by atoms with Crippen LogP contribution in [-0.4, -0.2) is 33.9 Å². The highest BCUT2D eigenvalue weighted by atomic mass is 16.5. The summed E-state index contributed by atoms with van der Waals surface area (Å²) in [5.41, 5.74) is 7.99. The summed E-state index contributed by atoms with van der Waals surface area (Å²) in [6, 6.07) is 14.3. The molecule has 0 aliphatic carbocycles. The Bertz CT molecular complexity index is 1010. The van der Waals surface area contributed by atoms with Crippen molar-refractivity contribution in [3.05, 3.63) is 59.8 Å². The van der Waals surface area contributed by atoms with Gasteiger partial charge in [0, 0.05) is 5.69 Å². The molecule has 0 radical (unpaired) electrons. The maximum absolute atomic E-state index is 12.4. The molecule has 0 unspecified atom stereocenters. The minimum Gasteiger partial charge on any atom is -0.495 e. The number of nitrogens with one attached hydrogen (secondary N) is 2. The summed E-state index contributed by atoms with van der Waals surface area (Å²) in [5, 5.41) is 13.1. The predicted molar refractivity (Wildman–Crippen MR) is 105 cm³/mol. The standard InChI is InChI=1S/C19H20N6O3/c1-12-7-3-4-8-13(12)22-19(27)17-18(20)25(24-23-17)11-16(26)21-14-9-5-6-10-15(14)28-2/h3-10H,11,20H2,1-2H3,(H,21,26)(H,22,27). The lowest BCUT2D eigenvalue weighted by Crippen LogP contribution is -2.21. The lowest BCUT2D eigenvalue weighted by molar-refractivity contribution is -0.116. The molecule has 144 valence electrons. The molecule has 0 bridgehead atoms. The van der Waals surface area contributed by atoms with Crippen LogP contribution < -0.4 is 21.1 Å². The van der Waals surface area contributed by atoms with Crippen molar-refractivity contribution in [1.29, 1.82) is 0 Å². The molecular formula is C19H20N6O3. The van der Waals surface area contributed by atoms with Gasteiger partial charge in [0.05, 0.1) is 12.8 Å². The monoisotopic (exact) mass is 380 g/mol. The first-order valence-corrected chi connectivity index (χ1v) is 8.48. The quantitative estimate of drug-likeness (QED) is 0.601. The minimum absolute atomic E-state index is 0.00117. The molecule has 0 aliphatic rings. The summed E-state index contributed by atoms with van der Waals surface area (Å²) >= 11 is 0. The molecule has 28 heavy (non-hydrogen) atoms. The molecule has 9 heteroatoms.